The third-order valence-electron chi connectivity index (χ3n) is 5.64. The molecule has 1 heterocycles. The van der Waals surface area contributed by atoms with Crippen LogP contribution in [0.5, 0.6) is 0 Å². The number of amides is 4. The van der Waals surface area contributed by atoms with E-state index >= 15 is 0 Å². The fraction of sp³-hybridized carbons (Fsp3) is 0.630. The van der Waals surface area contributed by atoms with E-state index in [0.717, 1.165) is 5.56 Å². The van der Waals surface area contributed by atoms with Crippen LogP contribution in [-0.4, -0.2) is 80.8 Å². The van der Waals surface area contributed by atoms with Gasteiger partial charge >= 0.3 is 6.09 Å². The van der Waals surface area contributed by atoms with Gasteiger partial charge < -0.3 is 30.7 Å². The van der Waals surface area contributed by atoms with Gasteiger partial charge in [-0.15, -0.1) is 11.8 Å². The SMILES string of the molecule is CC[C@H](NC(=O)OC(C)(C)C)C(=O)N[C@@H](Cc1ccccc1)[C@H](O)C(=O)N1CSC[C@@H]1C(=O)NC(C)(C)C. The van der Waals surface area contributed by atoms with Gasteiger partial charge in [-0.25, -0.2) is 4.79 Å². The number of alkyl carbamates (subject to hydrolysis) is 1. The van der Waals surface area contributed by atoms with Crippen LogP contribution < -0.4 is 16.0 Å². The van der Waals surface area contributed by atoms with Crippen LogP contribution in [0.2, 0.25) is 0 Å². The molecule has 0 bridgehead atoms. The second kappa shape index (κ2) is 13.3. The van der Waals surface area contributed by atoms with Gasteiger partial charge in [-0.05, 0) is 59.9 Å². The molecule has 0 aliphatic carbocycles. The molecule has 10 nitrogen and oxygen atoms in total. The third kappa shape index (κ3) is 9.83. The molecule has 1 aliphatic rings. The average Bonchev–Trinajstić information content (AvgIpc) is 3.30. The third-order valence-corrected chi connectivity index (χ3v) is 6.65. The van der Waals surface area contributed by atoms with Gasteiger partial charge in [0.15, 0.2) is 6.10 Å². The van der Waals surface area contributed by atoms with Crippen molar-refractivity contribution in [3.8, 4) is 0 Å². The molecular weight excluding hydrogens is 508 g/mol. The molecule has 38 heavy (non-hydrogen) atoms. The van der Waals surface area contributed by atoms with Crippen LogP contribution in [0.25, 0.3) is 0 Å². The zero-order valence-corrected chi connectivity index (χ0v) is 24.2. The van der Waals surface area contributed by atoms with Gasteiger partial charge in [0.25, 0.3) is 5.91 Å². The Bertz CT molecular complexity index is 976. The normalized spacial score (nSPS) is 18.2. The molecule has 4 N–H and O–H groups in total. The Morgan fingerprint density at radius 3 is 2.26 bits per heavy atom. The molecule has 0 unspecified atom stereocenters. The summed E-state index contributed by atoms with van der Waals surface area (Å²) in [6.07, 6.45) is -1.91. The van der Waals surface area contributed by atoms with Crippen molar-refractivity contribution in [2.24, 2.45) is 0 Å². The summed E-state index contributed by atoms with van der Waals surface area (Å²) in [6, 6.07) is 6.50. The van der Waals surface area contributed by atoms with E-state index < -0.39 is 53.3 Å². The fourth-order valence-corrected chi connectivity index (χ4v) is 5.03. The smallest absolute Gasteiger partial charge is 0.408 e. The molecular formula is C27H42N4O6S. The van der Waals surface area contributed by atoms with Crippen molar-refractivity contribution in [1.82, 2.24) is 20.9 Å². The molecule has 4 amide bonds. The standard InChI is InChI=1S/C27H42N4O6S/c1-8-18(29-25(36)37-27(5,6)7)22(33)28-19(14-17-12-10-9-11-13-17)21(32)24(35)31-16-38-15-20(31)23(34)30-26(2,3)4/h9-13,18-21,32H,8,14-16H2,1-7H3,(H,28,33)(H,29,36)(H,30,34)/t18-,19-,20+,21-/m0/s1. The van der Waals surface area contributed by atoms with Crippen LogP contribution >= 0.6 is 11.8 Å². The number of aliphatic hydroxyl groups excluding tert-OH is 1. The summed E-state index contributed by atoms with van der Waals surface area (Å²) in [7, 11) is 0. The lowest BCUT2D eigenvalue weighted by atomic mass is 9.99. The number of thioether (sulfide) groups is 1. The highest BCUT2D eigenvalue weighted by Crippen LogP contribution is 2.24. The summed E-state index contributed by atoms with van der Waals surface area (Å²) < 4.78 is 5.26. The van der Waals surface area contributed by atoms with Crippen LogP contribution in [-0.2, 0) is 25.5 Å². The lowest BCUT2D eigenvalue weighted by Crippen LogP contribution is -2.59. The number of carbonyl (C=O) groups excluding carboxylic acids is 4. The maximum absolute atomic E-state index is 13.5. The molecule has 0 radical (unpaired) electrons. The summed E-state index contributed by atoms with van der Waals surface area (Å²) in [5.74, 6) is -0.822. The Kier molecular flexibility index (Phi) is 11.0. The average molecular weight is 551 g/mol. The predicted molar refractivity (Wildman–Crippen MR) is 147 cm³/mol. The second-order valence-corrected chi connectivity index (χ2v) is 12.4. The van der Waals surface area contributed by atoms with E-state index in [1.54, 1.807) is 27.7 Å². The van der Waals surface area contributed by atoms with Crippen LogP contribution in [0, 0.1) is 0 Å². The van der Waals surface area contributed by atoms with Crippen molar-refractivity contribution in [3.63, 3.8) is 0 Å². The minimum Gasteiger partial charge on any atom is -0.444 e. The van der Waals surface area contributed by atoms with Gasteiger partial charge in [0.05, 0.1) is 11.9 Å². The molecule has 0 spiro atoms. The first-order chi connectivity index (χ1) is 17.6. The van der Waals surface area contributed by atoms with Gasteiger partial charge in [-0.1, -0.05) is 37.3 Å². The maximum Gasteiger partial charge on any atom is 0.408 e. The maximum atomic E-state index is 13.5. The predicted octanol–water partition coefficient (Wildman–Crippen LogP) is 2.19. The Morgan fingerprint density at radius 1 is 1.08 bits per heavy atom. The number of nitrogens with zero attached hydrogens (tertiary/aromatic N) is 1. The van der Waals surface area contributed by atoms with Gasteiger partial charge in [-0.3, -0.25) is 14.4 Å². The Morgan fingerprint density at radius 2 is 1.71 bits per heavy atom. The first-order valence-corrected chi connectivity index (χ1v) is 14.0. The fourth-order valence-electron chi connectivity index (χ4n) is 3.87. The van der Waals surface area contributed by atoms with Crippen molar-refractivity contribution in [2.45, 2.75) is 96.7 Å². The number of benzene rings is 1. The molecule has 1 aliphatic heterocycles. The number of hydrogen-bond donors (Lipinski definition) is 4. The van der Waals surface area contributed by atoms with E-state index in [9.17, 15) is 24.3 Å². The number of ether oxygens (including phenoxy) is 1. The van der Waals surface area contributed by atoms with Gasteiger partial charge in [0, 0.05) is 11.3 Å². The van der Waals surface area contributed by atoms with Crippen molar-refractivity contribution in [3.05, 3.63) is 35.9 Å². The molecule has 0 saturated carbocycles. The second-order valence-electron chi connectivity index (χ2n) is 11.4. The lowest BCUT2D eigenvalue weighted by Gasteiger charge is -2.32. The topological polar surface area (TPSA) is 137 Å². The highest BCUT2D eigenvalue weighted by Gasteiger charge is 2.41. The van der Waals surface area contributed by atoms with Gasteiger partial charge in [-0.2, -0.15) is 0 Å². The highest BCUT2D eigenvalue weighted by atomic mass is 32.2. The van der Waals surface area contributed by atoms with Crippen LogP contribution in [0.15, 0.2) is 30.3 Å². The number of hydrogen-bond acceptors (Lipinski definition) is 7. The molecule has 1 aromatic rings. The molecule has 4 atom stereocenters. The number of rotatable bonds is 9. The summed E-state index contributed by atoms with van der Waals surface area (Å²) in [5.41, 5.74) is -0.408. The zero-order chi connectivity index (χ0) is 28.7. The Labute approximate surface area is 229 Å². The van der Waals surface area contributed by atoms with E-state index in [1.807, 2.05) is 51.1 Å². The highest BCUT2D eigenvalue weighted by molar-refractivity contribution is 7.99. The number of aliphatic hydroxyl groups is 1. The largest absolute Gasteiger partial charge is 0.444 e. The summed E-state index contributed by atoms with van der Waals surface area (Å²) in [6.45, 7) is 12.5. The van der Waals surface area contributed by atoms with Crippen LogP contribution in [0.1, 0.15) is 60.5 Å². The van der Waals surface area contributed by atoms with E-state index in [4.69, 9.17) is 4.74 Å². The summed E-state index contributed by atoms with van der Waals surface area (Å²) in [5, 5.41) is 19.4. The lowest BCUT2D eigenvalue weighted by molar-refractivity contribution is -0.147. The van der Waals surface area contributed by atoms with Crippen molar-refractivity contribution >= 4 is 35.6 Å². The summed E-state index contributed by atoms with van der Waals surface area (Å²) in [4.78, 5) is 53.1. The van der Waals surface area contributed by atoms with Gasteiger partial charge in [0.1, 0.15) is 17.7 Å². The van der Waals surface area contributed by atoms with E-state index in [0.29, 0.717) is 5.75 Å². The minimum absolute atomic E-state index is 0.169. The Balaban J connectivity index is 2.22. The first kappa shape index (κ1) is 31.4. The zero-order valence-electron chi connectivity index (χ0n) is 23.4. The summed E-state index contributed by atoms with van der Waals surface area (Å²) >= 11 is 1.42. The Hall–Kier alpha value is -2.79. The molecule has 11 heteroatoms. The van der Waals surface area contributed by atoms with E-state index in [-0.39, 0.29) is 24.6 Å². The van der Waals surface area contributed by atoms with Crippen molar-refractivity contribution < 1.29 is 29.0 Å². The molecule has 0 aromatic heterocycles. The van der Waals surface area contributed by atoms with Gasteiger partial charge in [0.2, 0.25) is 11.8 Å². The first-order valence-electron chi connectivity index (χ1n) is 12.8. The van der Waals surface area contributed by atoms with E-state index in [2.05, 4.69) is 16.0 Å². The van der Waals surface area contributed by atoms with Crippen LogP contribution in [0.3, 0.4) is 0 Å². The molecule has 212 valence electrons. The molecule has 2 rings (SSSR count). The van der Waals surface area contributed by atoms with Crippen molar-refractivity contribution in [1.29, 1.82) is 0 Å². The van der Waals surface area contributed by atoms with E-state index in [1.165, 1.54) is 16.7 Å². The number of carbonyl (C=O) groups is 4. The molecule has 1 saturated heterocycles. The molecule has 1 fully saturated rings. The van der Waals surface area contributed by atoms with Crippen molar-refractivity contribution in [2.75, 3.05) is 11.6 Å². The quantitative estimate of drug-likeness (QED) is 0.370. The monoisotopic (exact) mass is 550 g/mol. The van der Waals surface area contributed by atoms with Crippen LogP contribution in [0.4, 0.5) is 4.79 Å². The number of nitrogens with one attached hydrogen (secondary N) is 3. The molecule has 1 aromatic carbocycles. The minimum atomic E-state index is -1.61.